The quantitative estimate of drug-likeness (QED) is 0.678. The van der Waals surface area contributed by atoms with Crippen molar-refractivity contribution in [3.05, 3.63) is 0 Å². The number of hydrogen-bond donors (Lipinski definition) is 0. The van der Waals surface area contributed by atoms with Gasteiger partial charge in [-0.15, -0.1) is 0 Å². The molecule has 0 radical (unpaired) electrons. The Kier molecular flexibility index (Phi) is 2.43. The molecule has 2 saturated heterocycles. The van der Waals surface area contributed by atoms with Crippen molar-refractivity contribution in [1.82, 2.24) is 9.80 Å². The zero-order chi connectivity index (χ0) is 10.3. The first-order valence-corrected chi connectivity index (χ1v) is 6.37. The molecule has 3 rings (SSSR count). The molecular formula is C12H20N2O. The van der Waals surface area contributed by atoms with Crippen molar-refractivity contribution in [3.63, 3.8) is 0 Å². The molecule has 0 spiro atoms. The molecule has 1 amide bonds. The van der Waals surface area contributed by atoms with Crippen LogP contribution in [0.25, 0.3) is 0 Å². The SMILES string of the molecule is O=C(C1CC1)N1CCC(N2CCCC2)C1. The number of carbonyl (C=O) groups is 1. The van der Waals surface area contributed by atoms with E-state index in [-0.39, 0.29) is 0 Å². The third-order valence-electron chi connectivity index (χ3n) is 4.06. The predicted molar refractivity (Wildman–Crippen MR) is 58.5 cm³/mol. The highest BCUT2D eigenvalue weighted by atomic mass is 16.2. The summed E-state index contributed by atoms with van der Waals surface area (Å²) in [5.41, 5.74) is 0. The minimum absolute atomic E-state index is 0.405. The monoisotopic (exact) mass is 208 g/mol. The van der Waals surface area contributed by atoms with E-state index in [1.165, 1.54) is 32.4 Å². The van der Waals surface area contributed by atoms with Gasteiger partial charge in [-0.1, -0.05) is 0 Å². The summed E-state index contributed by atoms with van der Waals surface area (Å²) in [5, 5.41) is 0. The Bertz CT molecular complexity index is 256. The van der Waals surface area contributed by atoms with Crippen molar-refractivity contribution in [3.8, 4) is 0 Å². The van der Waals surface area contributed by atoms with E-state index in [0.717, 1.165) is 25.9 Å². The van der Waals surface area contributed by atoms with Crippen LogP contribution >= 0.6 is 0 Å². The number of carbonyl (C=O) groups excluding carboxylic acids is 1. The van der Waals surface area contributed by atoms with E-state index in [4.69, 9.17) is 0 Å². The lowest BCUT2D eigenvalue weighted by Crippen LogP contribution is -2.37. The molecule has 0 aromatic heterocycles. The van der Waals surface area contributed by atoms with Gasteiger partial charge in [0.05, 0.1) is 0 Å². The van der Waals surface area contributed by atoms with Crippen LogP contribution in [-0.2, 0) is 4.79 Å². The third-order valence-corrected chi connectivity index (χ3v) is 4.06. The Hall–Kier alpha value is -0.570. The first kappa shape index (κ1) is 9.64. The molecule has 3 aliphatic rings. The van der Waals surface area contributed by atoms with Crippen LogP contribution in [0.5, 0.6) is 0 Å². The summed E-state index contributed by atoms with van der Waals surface area (Å²) in [4.78, 5) is 16.6. The lowest BCUT2D eigenvalue weighted by Gasteiger charge is -2.23. The van der Waals surface area contributed by atoms with Crippen LogP contribution in [0.1, 0.15) is 32.1 Å². The van der Waals surface area contributed by atoms with Crippen LogP contribution in [0, 0.1) is 5.92 Å². The summed E-state index contributed by atoms with van der Waals surface area (Å²) < 4.78 is 0. The van der Waals surface area contributed by atoms with E-state index >= 15 is 0 Å². The number of rotatable bonds is 2. The molecule has 84 valence electrons. The fourth-order valence-corrected chi connectivity index (χ4v) is 2.94. The molecule has 1 aliphatic carbocycles. The van der Waals surface area contributed by atoms with Gasteiger partial charge < -0.3 is 4.90 Å². The maximum atomic E-state index is 11.9. The normalized spacial score (nSPS) is 32.5. The summed E-state index contributed by atoms with van der Waals surface area (Å²) in [7, 11) is 0. The molecule has 1 unspecified atom stereocenters. The van der Waals surface area contributed by atoms with E-state index in [9.17, 15) is 4.79 Å². The average molecular weight is 208 g/mol. The Morgan fingerprint density at radius 3 is 2.40 bits per heavy atom. The summed E-state index contributed by atoms with van der Waals surface area (Å²) >= 11 is 0. The molecule has 3 nitrogen and oxygen atoms in total. The largest absolute Gasteiger partial charge is 0.341 e. The fraction of sp³-hybridized carbons (Fsp3) is 0.917. The van der Waals surface area contributed by atoms with Crippen molar-refractivity contribution in [1.29, 1.82) is 0 Å². The van der Waals surface area contributed by atoms with Crippen molar-refractivity contribution < 1.29 is 4.79 Å². The molecule has 1 saturated carbocycles. The van der Waals surface area contributed by atoms with Crippen molar-refractivity contribution >= 4 is 5.91 Å². The van der Waals surface area contributed by atoms with Crippen LogP contribution in [-0.4, -0.2) is 47.9 Å². The number of amides is 1. The van der Waals surface area contributed by atoms with Crippen LogP contribution in [0.15, 0.2) is 0 Å². The van der Waals surface area contributed by atoms with Gasteiger partial charge in [0.1, 0.15) is 0 Å². The highest BCUT2D eigenvalue weighted by Crippen LogP contribution is 2.32. The Balaban J connectivity index is 1.55. The van der Waals surface area contributed by atoms with Crippen LogP contribution in [0.4, 0.5) is 0 Å². The minimum atomic E-state index is 0.405. The Morgan fingerprint density at radius 2 is 1.73 bits per heavy atom. The summed E-state index contributed by atoms with van der Waals surface area (Å²) in [5.74, 6) is 0.846. The van der Waals surface area contributed by atoms with Gasteiger partial charge in [0.2, 0.25) is 5.91 Å². The van der Waals surface area contributed by atoms with Gasteiger partial charge in [0.15, 0.2) is 0 Å². The zero-order valence-electron chi connectivity index (χ0n) is 9.32. The second-order valence-corrected chi connectivity index (χ2v) is 5.24. The molecule has 0 N–H and O–H groups in total. The Labute approximate surface area is 91.4 Å². The van der Waals surface area contributed by atoms with Crippen molar-refractivity contribution in [2.24, 2.45) is 5.92 Å². The number of likely N-dealkylation sites (tertiary alicyclic amines) is 2. The van der Waals surface area contributed by atoms with Gasteiger partial charge in [-0.25, -0.2) is 0 Å². The predicted octanol–water partition coefficient (Wildman–Crippen LogP) is 1.09. The second-order valence-electron chi connectivity index (χ2n) is 5.24. The lowest BCUT2D eigenvalue weighted by molar-refractivity contribution is -0.131. The molecule has 1 atom stereocenters. The number of nitrogens with zero attached hydrogens (tertiary/aromatic N) is 2. The molecule has 3 heteroatoms. The summed E-state index contributed by atoms with van der Waals surface area (Å²) in [6.07, 6.45) is 6.20. The average Bonchev–Trinajstić information content (AvgIpc) is 2.80. The molecule has 0 aromatic carbocycles. The second kappa shape index (κ2) is 3.78. The molecule has 15 heavy (non-hydrogen) atoms. The Morgan fingerprint density at radius 1 is 1.00 bits per heavy atom. The van der Waals surface area contributed by atoms with Crippen molar-refractivity contribution in [2.45, 2.75) is 38.1 Å². The molecule has 2 heterocycles. The molecule has 3 fully saturated rings. The summed E-state index contributed by atoms with van der Waals surface area (Å²) in [6, 6.07) is 0.676. The first-order chi connectivity index (χ1) is 7.34. The third kappa shape index (κ3) is 1.89. The van der Waals surface area contributed by atoms with E-state index in [1.807, 2.05) is 0 Å². The van der Waals surface area contributed by atoms with E-state index in [1.54, 1.807) is 0 Å². The zero-order valence-corrected chi connectivity index (χ0v) is 9.32. The standard InChI is InChI=1S/C12H20N2O/c15-12(10-3-4-10)14-8-5-11(9-14)13-6-1-2-7-13/h10-11H,1-9H2. The van der Waals surface area contributed by atoms with E-state index in [0.29, 0.717) is 17.9 Å². The first-order valence-electron chi connectivity index (χ1n) is 6.37. The molecular weight excluding hydrogens is 188 g/mol. The number of hydrogen-bond acceptors (Lipinski definition) is 2. The van der Waals surface area contributed by atoms with Crippen LogP contribution in [0.3, 0.4) is 0 Å². The van der Waals surface area contributed by atoms with Crippen molar-refractivity contribution in [2.75, 3.05) is 26.2 Å². The van der Waals surface area contributed by atoms with E-state index < -0.39 is 0 Å². The minimum Gasteiger partial charge on any atom is -0.341 e. The smallest absolute Gasteiger partial charge is 0.225 e. The maximum Gasteiger partial charge on any atom is 0.225 e. The maximum absolute atomic E-state index is 11.9. The van der Waals surface area contributed by atoms with Gasteiger partial charge in [-0.3, -0.25) is 9.69 Å². The molecule has 2 aliphatic heterocycles. The highest BCUT2D eigenvalue weighted by Gasteiger charge is 2.38. The van der Waals surface area contributed by atoms with Gasteiger partial charge in [0, 0.05) is 25.0 Å². The van der Waals surface area contributed by atoms with Gasteiger partial charge in [-0.05, 0) is 45.2 Å². The topological polar surface area (TPSA) is 23.6 Å². The van der Waals surface area contributed by atoms with Gasteiger partial charge in [0.25, 0.3) is 0 Å². The molecule has 0 aromatic rings. The fourth-order valence-electron chi connectivity index (χ4n) is 2.94. The highest BCUT2D eigenvalue weighted by molar-refractivity contribution is 5.81. The van der Waals surface area contributed by atoms with E-state index in [2.05, 4.69) is 9.80 Å². The van der Waals surface area contributed by atoms with Crippen LogP contribution in [0.2, 0.25) is 0 Å². The van der Waals surface area contributed by atoms with Gasteiger partial charge >= 0.3 is 0 Å². The summed E-state index contributed by atoms with van der Waals surface area (Å²) in [6.45, 7) is 4.54. The molecule has 0 bridgehead atoms. The van der Waals surface area contributed by atoms with Crippen LogP contribution < -0.4 is 0 Å². The van der Waals surface area contributed by atoms with Gasteiger partial charge in [-0.2, -0.15) is 0 Å². The lowest BCUT2D eigenvalue weighted by atomic mass is 10.2.